The predicted molar refractivity (Wildman–Crippen MR) is 137 cm³/mol. The van der Waals surface area contributed by atoms with Crippen LogP contribution in [0.5, 0.6) is 5.88 Å². The lowest BCUT2D eigenvalue weighted by Gasteiger charge is -2.39. The van der Waals surface area contributed by atoms with Gasteiger partial charge in [-0.05, 0) is 35.4 Å². The third-order valence-electron chi connectivity index (χ3n) is 6.38. The van der Waals surface area contributed by atoms with Crippen molar-refractivity contribution in [3.05, 3.63) is 94.0 Å². The molecule has 4 heterocycles. The molecule has 1 unspecified atom stereocenters. The number of nitrogens with zero attached hydrogens (tertiary/aromatic N) is 5. The van der Waals surface area contributed by atoms with Crippen molar-refractivity contribution in [1.29, 1.82) is 0 Å². The van der Waals surface area contributed by atoms with Crippen LogP contribution in [-0.2, 0) is 6.54 Å². The van der Waals surface area contributed by atoms with Crippen LogP contribution in [0.2, 0.25) is 5.02 Å². The fourth-order valence-electron chi connectivity index (χ4n) is 4.66. The number of thiazole rings is 1. The SMILES string of the molecule is Oc1c(C(c2cccc(Cl)c2)N2CCN(Cc3ccccc3)CC2)sc2nc(-c3ccco3)nn12. The maximum absolute atomic E-state index is 11.2. The van der Waals surface area contributed by atoms with Crippen LogP contribution in [-0.4, -0.2) is 55.7 Å². The van der Waals surface area contributed by atoms with Crippen molar-refractivity contribution >= 4 is 27.9 Å². The predicted octanol–water partition coefficient (Wildman–Crippen LogP) is 5.32. The zero-order valence-electron chi connectivity index (χ0n) is 18.9. The average Bonchev–Trinajstić information content (AvgIpc) is 3.60. The zero-order chi connectivity index (χ0) is 23.8. The molecule has 1 saturated heterocycles. The number of piperazine rings is 1. The van der Waals surface area contributed by atoms with E-state index in [-0.39, 0.29) is 11.9 Å². The van der Waals surface area contributed by atoms with Gasteiger partial charge in [0.15, 0.2) is 5.76 Å². The van der Waals surface area contributed by atoms with Gasteiger partial charge in [0.1, 0.15) is 0 Å². The van der Waals surface area contributed by atoms with E-state index in [2.05, 4.69) is 50.2 Å². The van der Waals surface area contributed by atoms with E-state index >= 15 is 0 Å². The molecule has 0 aliphatic carbocycles. The second kappa shape index (κ2) is 9.47. The fourth-order valence-corrected chi connectivity index (χ4v) is 5.98. The Morgan fingerprint density at radius 2 is 1.83 bits per heavy atom. The molecular weight excluding hydrogens is 482 g/mol. The highest BCUT2D eigenvalue weighted by atomic mass is 35.5. The normalized spacial score (nSPS) is 16.1. The van der Waals surface area contributed by atoms with E-state index in [0.29, 0.717) is 21.6 Å². The van der Waals surface area contributed by atoms with Gasteiger partial charge in [0, 0.05) is 37.7 Å². The lowest BCUT2D eigenvalue weighted by molar-refractivity contribution is 0.105. The minimum Gasteiger partial charge on any atom is -0.492 e. The molecule has 9 heteroatoms. The second-order valence-electron chi connectivity index (χ2n) is 8.65. The van der Waals surface area contributed by atoms with Crippen molar-refractivity contribution in [2.75, 3.05) is 26.2 Å². The number of rotatable bonds is 6. The molecule has 1 N–H and O–H groups in total. The van der Waals surface area contributed by atoms with Crippen molar-refractivity contribution in [2.45, 2.75) is 12.6 Å². The van der Waals surface area contributed by atoms with Gasteiger partial charge in [0.2, 0.25) is 16.7 Å². The van der Waals surface area contributed by atoms with E-state index in [0.717, 1.165) is 43.2 Å². The van der Waals surface area contributed by atoms with Crippen LogP contribution < -0.4 is 0 Å². The Kier molecular flexibility index (Phi) is 6.03. The minimum atomic E-state index is -0.145. The summed E-state index contributed by atoms with van der Waals surface area (Å²) in [5.74, 6) is 1.13. The summed E-state index contributed by atoms with van der Waals surface area (Å²) in [4.78, 5) is 10.9. The number of aromatic hydroxyl groups is 1. The Morgan fingerprint density at radius 3 is 2.54 bits per heavy atom. The molecule has 0 saturated carbocycles. The number of furan rings is 1. The molecule has 5 aromatic rings. The molecule has 1 atom stereocenters. The summed E-state index contributed by atoms with van der Waals surface area (Å²) in [5, 5.41) is 16.4. The highest BCUT2D eigenvalue weighted by Crippen LogP contribution is 2.41. The molecule has 35 heavy (non-hydrogen) atoms. The maximum atomic E-state index is 11.2. The molecule has 1 fully saturated rings. The Labute approximate surface area is 211 Å². The van der Waals surface area contributed by atoms with Gasteiger partial charge in [-0.25, -0.2) is 0 Å². The monoisotopic (exact) mass is 505 g/mol. The topological polar surface area (TPSA) is 70.0 Å². The first-order valence-corrected chi connectivity index (χ1v) is 12.7. The van der Waals surface area contributed by atoms with Crippen molar-refractivity contribution < 1.29 is 9.52 Å². The van der Waals surface area contributed by atoms with Crippen molar-refractivity contribution in [1.82, 2.24) is 24.4 Å². The first-order valence-electron chi connectivity index (χ1n) is 11.5. The summed E-state index contributed by atoms with van der Waals surface area (Å²) in [6.07, 6.45) is 1.59. The van der Waals surface area contributed by atoms with Gasteiger partial charge in [-0.2, -0.15) is 9.50 Å². The fraction of sp³-hybridized carbons (Fsp3) is 0.231. The molecule has 0 bridgehead atoms. The van der Waals surface area contributed by atoms with E-state index in [9.17, 15) is 5.11 Å². The van der Waals surface area contributed by atoms with Gasteiger partial charge in [-0.15, -0.1) is 5.10 Å². The molecule has 0 spiro atoms. The Bertz CT molecular complexity index is 1430. The van der Waals surface area contributed by atoms with Crippen molar-refractivity contribution in [3.8, 4) is 17.5 Å². The molecule has 0 amide bonds. The smallest absolute Gasteiger partial charge is 0.230 e. The van der Waals surface area contributed by atoms with Crippen LogP contribution in [0.3, 0.4) is 0 Å². The molecular formula is C26H24ClN5O2S. The van der Waals surface area contributed by atoms with Gasteiger partial charge in [0.25, 0.3) is 0 Å². The summed E-state index contributed by atoms with van der Waals surface area (Å²) in [6, 6.07) is 21.9. The molecule has 3 aromatic heterocycles. The van der Waals surface area contributed by atoms with E-state index in [4.69, 9.17) is 16.0 Å². The van der Waals surface area contributed by atoms with Crippen LogP contribution in [0.15, 0.2) is 77.4 Å². The van der Waals surface area contributed by atoms with E-state index in [1.165, 1.54) is 21.4 Å². The quantitative estimate of drug-likeness (QED) is 0.337. The van der Waals surface area contributed by atoms with Gasteiger partial charge in [0.05, 0.1) is 17.2 Å². The van der Waals surface area contributed by atoms with E-state index in [1.54, 1.807) is 18.4 Å². The second-order valence-corrected chi connectivity index (χ2v) is 10.1. The van der Waals surface area contributed by atoms with Crippen molar-refractivity contribution in [3.63, 3.8) is 0 Å². The number of benzene rings is 2. The largest absolute Gasteiger partial charge is 0.492 e. The van der Waals surface area contributed by atoms with E-state index < -0.39 is 0 Å². The van der Waals surface area contributed by atoms with Gasteiger partial charge < -0.3 is 9.52 Å². The van der Waals surface area contributed by atoms with Crippen LogP contribution in [0.25, 0.3) is 16.5 Å². The third-order valence-corrected chi connectivity index (χ3v) is 7.68. The number of halogens is 1. The number of aromatic nitrogens is 3. The van der Waals surface area contributed by atoms with Gasteiger partial charge in [-0.3, -0.25) is 9.80 Å². The summed E-state index contributed by atoms with van der Waals surface area (Å²) in [5.41, 5.74) is 2.36. The third kappa shape index (κ3) is 4.46. The van der Waals surface area contributed by atoms with Crippen LogP contribution >= 0.6 is 22.9 Å². The van der Waals surface area contributed by atoms with Gasteiger partial charge in [-0.1, -0.05) is 65.4 Å². The Hall–Kier alpha value is -3.17. The first-order chi connectivity index (χ1) is 17.2. The summed E-state index contributed by atoms with van der Waals surface area (Å²) < 4.78 is 6.92. The molecule has 2 aromatic carbocycles. The highest BCUT2D eigenvalue weighted by Gasteiger charge is 2.32. The number of fused-ring (bicyclic) bond motifs is 1. The average molecular weight is 506 g/mol. The summed E-state index contributed by atoms with van der Waals surface area (Å²) in [6.45, 7) is 4.56. The molecule has 6 rings (SSSR count). The Balaban J connectivity index is 1.30. The molecule has 178 valence electrons. The van der Waals surface area contributed by atoms with Gasteiger partial charge >= 0.3 is 0 Å². The molecule has 7 nitrogen and oxygen atoms in total. The molecule has 0 radical (unpaired) electrons. The van der Waals surface area contributed by atoms with Crippen LogP contribution in [0, 0.1) is 0 Å². The number of hydrogen-bond acceptors (Lipinski definition) is 7. The first kappa shape index (κ1) is 22.3. The summed E-state index contributed by atoms with van der Waals surface area (Å²) in [7, 11) is 0. The highest BCUT2D eigenvalue weighted by molar-refractivity contribution is 7.17. The lowest BCUT2D eigenvalue weighted by Crippen LogP contribution is -2.47. The molecule has 1 aliphatic heterocycles. The Morgan fingerprint density at radius 1 is 1.00 bits per heavy atom. The molecule has 1 aliphatic rings. The summed E-state index contributed by atoms with van der Waals surface area (Å²) >= 11 is 7.83. The minimum absolute atomic E-state index is 0.104. The number of hydrogen-bond donors (Lipinski definition) is 1. The standard InChI is InChI=1S/C26H24ClN5O2S/c27-20-9-4-8-19(16-20)22(31-13-11-30(12-14-31)17-18-6-2-1-3-7-18)23-25(33)32-26(35-23)28-24(29-32)21-10-5-15-34-21/h1-10,15-16,22,33H,11-14,17H2. The lowest BCUT2D eigenvalue weighted by atomic mass is 10.0. The van der Waals surface area contributed by atoms with Crippen LogP contribution in [0.1, 0.15) is 22.0 Å². The van der Waals surface area contributed by atoms with Crippen LogP contribution in [0.4, 0.5) is 0 Å². The maximum Gasteiger partial charge on any atom is 0.230 e. The van der Waals surface area contributed by atoms with Crippen molar-refractivity contribution in [2.24, 2.45) is 0 Å². The van der Waals surface area contributed by atoms with E-state index in [1.807, 2.05) is 24.3 Å². The zero-order valence-corrected chi connectivity index (χ0v) is 20.5.